The molecule has 6 heteroatoms. The monoisotopic (exact) mass is 328 g/mol. The molecule has 2 heterocycles. The topological polar surface area (TPSA) is 61.6 Å². The van der Waals surface area contributed by atoms with Crippen molar-refractivity contribution in [2.45, 2.75) is 26.7 Å². The van der Waals surface area contributed by atoms with Crippen LogP contribution in [-0.4, -0.2) is 42.3 Å². The number of aromatic nitrogens is 1. The molecule has 0 radical (unpaired) electrons. The lowest BCUT2D eigenvalue weighted by molar-refractivity contribution is 0.208. The van der Waals surface area contributed by atoms with Gasteiger partial charge in [-0.25, -0.2) is 4.79 Å². The van der Waals surface area contributed by atoms with E-state index in [1.54, 1.807) is 13.0 Å². The second-order valence-electron chi connectivity index (χ2n) is 6.44. The molecule has 0 bridgehead atoms. The number of nitrogens with one attached hydrogen (secondary N) is 1. The number of amides is 2. The molecule has 0 saturated carbocycles. The number of nitrogens with zero attached hydrogens (tertiary/aromatic N) is 3. The first-order valence-corrected chi connectivity index (χ1v) is 8.37. The molecule has 128 valence electrons. The summed E-state index contributed by atoms with van der Waals surface area (Å²) in [5, 5.41) is 6.58. The Morgan fingerprint density at radius 1 is 1.21 bits per heavy atom. The summed E-state index contributed by atoms with van der Waals surface area (Å²) in [6, 6.07) is 10.1. The third-order valence-corrected chi connectivity index (χ3v) is 4.33. The Balaban J connectivity index is 1.61. The van der Waals surface area contributed by atoms with Crippen LogP contribution in [0, 0.1) is 6.92 Å². The number of benzene rings is 1. The van der Waals surface area contributed by atoms with E-state index < -0.39 is 0 Å². The zero-order valence-electron chi connectivity index (χ0n) is 14.5. The van der Waals surface area contributed by atoms with Gasteiger partial charge in [-0.3, -0.25) is 5.32 Å². The average molecular weight is 328 g/mol. The smallest absolute Gasteiger partial charge is 0.323 e. The lowest BCUT2D eigenvalue weighted by Crippen LogP contribution is -2.50. The van der Waals surface area contributed by atoms with Gasteiger partial charge in [-0.15, -0.1) is 0 Å². The molecule has 1 aliphatic heterocycles. The van der Waals surface area contributed by atoms with Gasteiger partial charge in [-0.1, -0.05) is 37.2 Å². The van der Waals surface area contributed by atoms with Crippen molar-refractivity contribution in [2.24, 2.45) is 0 Å². The van der Waals surface area contributed by atoms with Gasteiger partial charge in [0.25, 0.3) is 0 Å². The van der Waals surface area contributed by atoms with Crippen LogP contribution in [0.4, 0.5) is 16.3 Å². The molecule has 1 saturated heterocycles. The van der Waals surface area contributed by atoms with Crippen molar-refractivity contribution >= 4 is 17.5 Å². The van der Waals surface area contributed by atoms with Crippen LogP contribution in [0.2, 0.25) is 0 Å². The second kappa shape index (κ2) is 6.95. The Labute approximate surface area is 142 Å². The molecule has 1 N–H and O–H groups in total. The van der Waals surface area contributed by atoms with Gasteiger partial charge in [0.2, 0.25) is 0 Å². The van der Waals surface area contributed by atoms with Gasteiger partial charge < -0.3 is 14.3 Å². The number of piperazine rings is 1. The second-order valence-corrected chi connectivity index (χ2v) is 6.44. The number of aryl methyl sites for hydroxylation is 1. The van der Waals surface area contributed by atoms with Gasteiger partial charge in [-0.2, -0.15) is 0 Å². The summed E-state index contributed by atoms with van der Waals surface area (Å²) in [6.07, 6.45) is 0. The molecule has 2 aromatic rings. The van der Waals surface area contributed by atoms with Gasteiger partial charge in [-0.05, 0) is 24.5 Å². The summed E-state index contributed by atoms with van der Waals surface area (Å²) in [6.45, 7) is 9.26. The first-order valence-electron chi connectivity index (χ1n) is 8.37. The minimum Gasteiger partial charge on any atom is -0.368 e. The molecule has 1 fully saturated rings. The standard InChI is InChI=1S/C18H24N4O2/c1-13(2)15-6-4-5-7-16(15)21-8-10-22(11-9-21)18(23)19-17-12-14(3)24-20-17/h4-7,12-13H,8-11H2,1-3H3,(H,19,20,23). The van der Waals surface area contributed by atoms with E-state index in [0.717, 1.165) is 13.1 Å². The number of carbonyl (C=O) groups is 1. The summed E-state index contributed by atoms with van der Waals surface area (Å²) in [5.74, 6) is 1.63. The minimum absolute atomic E-state index is 0.125. The lowest BCUT2D eigenvalue weighted by Gasteiger charge is -2.37. The third kappa shape index (κ3) is 3.53. The van der Waals surface area contributed by atoms with Crippen molar-refractivity contribution in [2.75, 3.05) is 36.4 Å². The predicted octanol–water partition coefficient (Wildman–Crippen LogP) is 3.46. The highest BCUT2D eigenvalue weighted by Gasteiger charge is 2.23. The molecule has 0 atom stereocenters. The van der Waals surface area contributed by atoms with E-state index in [1.165, 1.54) is 11.3 Å². The number of carbonyl (C=O) groups excluding carboxylic acids is 1. The predicted molar refractivity (Wildman–Crippen MR) is 94.6 cm³/mol. The number of hydrogen-bond donors (Lipinski definition) is 1. The van der Waals surface area contributed by atoms with Crippen LogP contribution in [-0.2, 0) is 0 Å². The van der Waals surface area contributed by atoms with Gasteiger partial charge in [0.15, 0.2) is 5.82 Å². The van der Waals surface area contributed by atoms with Crippen LogP contribution in [0.25, 0.3) is 0 Å². The molecule has 1 aliphatic rings. The fourth-order valence-electron chi connectivity index (χ4n) is 3.03. The van der Waals surface area contributed by atoms with Crippen LogP contribution < -0.4 is 10.2 Å². The van der Waals surface area contributed by atoms with E-state index in [9.17, 15) is 4.79 Å². The van der Waals surface area contributed by atoms with Crippen molar-refractivity contribution in [1.82, 2.24) is 10.1 Å². The molecule has 24 heavy (non-hydrogen) atoms. The first kappa shape index (κ1) is 16.4. The number of para-hydroxylation sites is 1. The van der Waals surface area contributed by atoms with Crippen LogP contribution >= 0.6 is 0 Å². The van der Waals surface area contributed by atoms with Crippen LogP contribution in [0.15, 0.2) is 34.9 Å². The van der Waals surface area contributed by atoms with Crippen molar-refractivity contribution in [1.29, 1.82) is 0 Å². The van der Waals surface area contributed by atoms with E-state index >= 15 is 0 Å². The van der Waals surface area contributed by atoms with Crippen LogP contribution in [0.1, 0.15) is 31.1 Å². The molecule has 0 spiro atoms. The number of hydrogen-bond acceptors (Lipinski definition) is 4. The van der Waals surface area contributed by atoms with Gasteiger partial charge >= 0.3 is 6.03 Å². The van der Waals surface area contributed by atoms with Crippen LogP contribution in [0.5, 0.6) is 0 Å². The SMILES string of the molecule is Cc1cc(NC(=O)N2CCN(c3ccccc3C(C)C)CC2)no1. The maximum Gasteiger partial charge on any atom is 0.323 e. The molecule has 0 aliphatic carbocycles. The van der Waals surface area contributed by atoms with Gasteiger partial charge in [0.05, 0.1) is 0 Å². The highest BCUT2D eigenvalue weighted by molar-refractivity contribution is 5.88. The molecule has 6 nitrogen and oxygen atoms in total. The van der Waals surface area contributed by atoms with E-state index in [2.05, 4.69) is 53.5 Å². The Morgan fingerprint density at radius 3 is 2.54 bits per heavy atom. The summed E-state index contributed by atoms with van der Waals surface area (Å²) in [7, 11) is 0. The molecule has 0 unspecified atom stereocenters. The van der Waals surface area contributed by atoms with Gasteiger partial charge in [0.1, 0.15) is 5.76 Å². The summed E-state index contributed by atoms with van der Waals surface area (Å²) < 4.78 is 4.97. The first-order chi connectivity index (χ1) is 11.5. The Morgan fingerprint density at radius 2 is 1.92 bits per heavy atom. The normalized spacial score (nSPS) is 15.0. The summed E-state index contributed by atoms with van der Waals surface area (Å²) in [5.41, 5.74) is 2.63. The van der Waals surface area contributed by atoms with E-state index in [4.69, 9.17) is 4.52 Å². The quantitative estimate of drug-likeness (QED) is 0.937. The van der Waals surface area contributed by atoms with Crippen molar-refractivity contribution in [3.05, 3.63) is 41.7 Å². The molecule has 2 amide bonds. The maximum atomic E-state index is 12.3. The Kier molecular flexibility index (Phi) is 4.74. The fraction of sp³-hybridized carbons (Fsp3) is 0.444. The minimum atomic E-state index is -0.125. The van der Waals surface area contributed by atoms with Gasteiger partial charge in [0, 0.05) is 37.9 Å². The maximum absolute atomic E-state index is 12.3. The zero-order valence-corrected chi connectivity index (χ0v) is 14.5. The number of anilines is 2. The molecular weight excluding hydrogens is 304 g/mol. The highest BCUT2D eigenvalue weighted by atomic mass is 16.5. The third-order valence-electron chi connectivity index (χ3n) is 4.33. The van der Waals surface area contributed by atoms with E-state index in [0.29, 0.717) is 30.6 Å². The van der Waals surface area contributed by atoms with E-state index in [1.807, 2.05) is 4.90 Å². The molecule has 1 aromatic carbocycles. The van der Waals surface area contributed by atoms with Crippen molar-refractivity contribution < 1.29 is 9.32 Å². The summed E-state index contributed by atoms with van der Waals surface area (Å²) in [4.78, 5) is 16.5. The van der Waals surface area contributed by atoms with Crippen molar-refractivity contribution in [3.63, 3.8) is 0 Å². The van der Waals surface area contributed by atoms with Crippen molar-refractivity contribution in [3.8, 4) is 0 Å². The summed E-state index contributed by atoms with van der Waals surface area (Å²) >= 11 is 0. The van der Waals surface area contributed by atoms with Crippen LogP contribution in [0.3, 0.4) is 0 Å². The van der Waals surface area contributed by atoms with E-state index in [-0.39, 0.29) is 6.03 Å². The average Bonchev–Trinajstić information content (AvgIpc) is 3.00. The molecule has 1 aromatic heterocycles. The molecule has 3 rings (SSSR count). The molecular formula is C18H24N4O2. The highest BCUT2D eigenvalue weighted by Crippen LogP contribution is 2.28. The number of urea groups is 1. The Bertz CT molecular complexity index is 703. The zero-order chi connectivity index (χ0) is 17.1. The Hall–Kier alpha value is -2.50. The largest absolute Gasteiger partial charge is 0.368 e. The lowest BCUT2D eigenvalue weighted by atomic mass is 10.00. The number of rotatable bonds is 3. The fourth-order valence-corrected chi connectivity index (χ4v) is 3.03.